The Bertz CT molecular complexity index is 679. The van der Waals surface area contributed by atoms with E-state index in [1.54, 1.807) is 24.7 Å². The smallest absolute Gasteiger partial charge is 0.244 e. The van der Waals surface area contributed by atoms with E-state index in [4.69, 9.17) is 9.84 Å². The molecule has 2 N–H and O–H groups in total. The van der Waals surface area contributed by atoms with Crippen molar-refractivity contribution in [3.8, 4) is 0 Å². The number of ether oxygens (including phenoxy) is 1. The van der Waals surface area contributed by atoms with Crippen LogP contribution in [0.25, 0.3) is 0 Å². The van der Waals surface area contributed by atoms with Crippen molar-refractivity contribution in [3.05, 3.63) is 24.0 Å². The normalized spacial score (nSPS) is 11.9. The highest BCUT2D eigenvalue weighted by Crippen LogP contribution is 2.14. The Hall–Kier alpha value is -2.06. The lowest BCUT2D eigenvalue weighted by atomic mass is 10.1. The number of nitrogens with zero attached hydrogens (tertiary/aromatic N) is 3. The number of hydrogen-bond acceptors (Lipinski definition) is 6. The number of rotatable bonds is 12. The van der Waals surface area contributed by atoms with Crippen LogP contribution in [0, 0.1) is 17.8 Å². The van der Waals surface area contributed by atoms with Gasteiger partial charge in [-0.25, -0.2) is 4.68 Å². The predicted molar refractivity (Wildman–Crippen MR) is 122 cm³/mol. The number of amides is 1. The molecule has 0 aliphatic rings. The van der Waals surface area contributed by atoms with Crippen LogP contribution in [0.15, 0.2) is 18.3 Å². The fourth-order valence-corrected chi connectivity index (χ4v) is 2.09. The second-order valence-corrected chi connectivity index (χ2v) is 9.38. The van der Waals surface area contributed by atoms with Crippen LogP contribution < -0.4 is 5.32 Å². The zero-order chi connectivity index (χ0) is 24.0. The van der Waals surface area contributed by atoms with Gasteiger partial charge in [-0.2, -0.15) is 0 Å². The van der Waals surface area contributed by atoms with Crippen LogP contribution >= 0.6 is 0 Å². The molecule has 8 nitrogen and oxygen atoms in total. The predicted octanol–water partition coefficient (Wildman–Crippen LogP) is 3.15. The molecule has 178 valence electrons. The van der Waals surface area contributed by atoms with Gasteiger partial charge in [0, 0.05) is 25.2 Å². The average molecular weight is 439 g/mol. The molecule has 0 saturated heterocycles. The SMILES string of the molecule is CC(C)CCOC(C)(C)Cn1cc(CNC(=O)/C=C/C(=O)C(C)C)nn1.CC(C)CO. The van der Waals surface area contributed by atoms with Gasteiger partial charge in [0.2, 0.25) is 5.91 Å². The number of aromatic nitrogens is 3. The van der Waals surface area contributed by atoms with Crippen LogP contribution in [0.1, 0.15) is 67.5 Å². The minimum Gasteiger partial charge on any atom is -0.396 e. The van der Waals surface area contributed by atoms with Gasteiger partial charge in [-0.1, -0.05) is 46.8 Å². The van der Waals surface area contributed by atoms with Gasteiger partial charge in [-0.05, 0) is 38.2 Å². The van der Waals surface area contributed by atoms with Crippen LogP contribution in [0.5, 0.6) is 0 Å². The number of aliphatic hydroxyl groups is 1. The molecule has 31 heavy (non-hydrogen) atoms. The minimum atomic E-state index is -0.344. The average Bonchev–Trinajstić information content (AvgIpc) is 3.10. The minimum absolute atomic E-state index is 0.0780. The van der Waals surface area contributed by atoms with E-state index < -0.39 is 0 Å². The van der Waals surface area contributed by atoms with Crippen molar-refractivity contribution in [3.63, 3.8) is 0 Å². The Labute approximate surface area is 187 Å². The molecule has 0 spiro atoms. The van der Waals surface area contributed by atoms with Gasteiger partial charge < -0.3 is 15.2 Å². The van der Waals surface area contributed by atoms with E-state index in [-0.39, 0.29) is 29.8 Å². The van der Waals surface area contributed by atoms with Crippen LogP contribution in [0.4, 0.5) is 0 Å². The van der Waals surface area contributed by atoms with Crippen LogP contribution in [0.2, 0.25) is 0 Å². The highest BCUT2D eigenvalue weighted by Gasteiger charge is 2.20. The molecule has 0 unspecified atom stereocenters. The van der Waals surface area contributed by atoms with Crippen molar-refractivity contribution in [2.45, 2.75) is 80.5 Å². The summed E-state index contributed by atoms with van der Waals surface area (Å²) in [6, 6.07) is 0. The van der Waals surface area contributed by atoms with Gasteiger partial charge >= 0.3 is 0 Å². The second-order valence-electron chi connectivity index (χ2n) is 9.38. The molecule has 1 amide bonds. The number of nitrogens with one attached hydrogen (secondary N) is 1. The summed E-state index contributed by atoms with van der Waals surface area (Å²) < 4.78 is 7.64. The Morgan fingerprint density at radius 1 is 1.16 bits per heavy atom. The molecule has 0 aliphatic carbocycles. The van der Waals surface area contributed by atoms with Gasteiger partial charge in [0.05, 0.1) is 24.9 Å². The van der Waals surface area contributed by atoms with E-state index in [0.29, 0.717) is 37.3 Å². The lowest BCUT2D eigenvalue weighted by molar-refractivity contribution is -0.119. The van der Waals surface area contributed by atoms with Crippen molar-refractivity contribution in [2.24, 2.45) is 17.8 Å². The molecule has 1 aromatic rings. The molecule has 0 saturated carbocycles. The summed E-state index contributed by atoms with van der Waals surface area (Å²) in [7, 11) is 0. The number of aliphatic hydroxyl groups excluding tert-OH is 1. The number of hydrogen-bond donors (Lipinski definition) is 2. The van der Waals surface area contributed by atoms with E-state index in [2.05, 4.69) is 29.5 Å². The molecule has 0 radical (unpaired) electrons. The topological polar surface area (TPSA) is 106 Å². The standard InChI is InChI=1S/C19H32N4O3.C4H10O/c1-14(2)9-10-26-19(5,6)13-23-12-16(21-22-23)11-20-18(25)8-7-17(24)15(3)4;1-4(2)3-5/h7-8,12,14-15H,9-11,13H2,1-6H3,(H,20,25);4-5H,3H2,1-2H3/b8-7+;. The first-order valence-corrected chi connectivity index (χ1v) is 11.0. The Kier molecular flexibility index (Phi) is 13.9. The van der Waals surface area contributed by atoms with E-state index >= 15 is 0 Å². The maximum atomic E-state index is 11.7. The molecule has 1 aromatic heterocycles. The fraction of sp³-hybridized carbons (Fsp3) is 0.739. The van der Waals surface area contributed by atoms with Gasteiger partial charge in [-0.15, -0.1) is 5.10 Å². The molecular formula is C23H42N4O4. The number of carbonyl (C=O) groups excluding carboxylic acids is 2. The van der Waals surface area contributed by atoms with Crippen molar-refractivity contribution >= 4 is 11.7 Å². The van der Waals surface area contributed by atoms with Crippen LogP contribution in [-0.4, -0.2) is 50.6 Å². The zero-order valence-electron chi connectivity index (χ0n) is 20.5. The maximum absolute atomic E-state index is 11.7. The van der Waals surface area contributed by atoms with Gasteiger partial charge in [-0.3, -0.25) is 9.59 Å². The monoisotopic (exact) mass is 438 g/mol. The molecule has 0 aliphatic heterocycles. The Morgan fingerprint density at radius 3 is 2.29 bits per heavy atom. The van der Waals surface area contributed by atoms with Crippen LogP contribution in [0.3, 0.4) is 0 Å². The summed E-state index contributed by atoms with van der Waals surface area (Å²) in [5.74, 6) is 0.522. The van der Waals surface area contributed by atoms with E-state index in [9.17, 15) is 9.59 Å². The third kappa shape index (κ3) is 15.4. The lowest BCUT2D eigenvalue weighted by Crippen LogP contribution is -2.31. The van der Waals surface area contributed by atoms with E-state index in [1.165, 1.54) is 12.2 Å². The Balaban J connectivity index is 0.00000161. The second kappa shape index (κ2) is 14.9. The van der Waals surface area contributed by atoms with Gasteiger partial charge in [0.1, 0.15) is 5.69 Å². The largest absolute Gasteiger partial charge is 0.396 e. The number of ketones is 1. The number of allylic oxidation sites excluding steroid dienone is 1. The molecule has 8 heteroatoms. The van der Waals surface area contributed by atoms with Gasteiger partial charge in [0.15, 0.2) is 5.78 Å². The molecule has 0 aromatic carbocycles. The molecular weight excluding hydrogens is 396 g/mol. The summed E-state index contributed by atoms with van der Waals surface area (Å²) in [4.78, 5) is 23.2. The van der Waals surface area contributed by atoms with E-state index in [0.717, 1.165) is 6.42 Å². The third-order valence-electron chi connectivity index (χ3n) is 4.09. The first kappa shape index (κ1) is 28.9. The first-order chi connectivity index (χ1) is 14.4. The fourth-order valence-electron chi connectivity index (χ4n) is 2.09. The summed E-state index contributed by atoms with van der Waals surface area (Å²) in [6.45, 7) is 17.8. The summed E-state index contributed by atoms with van der Waals surface area (Å²) in [6.07, 6.45) is 5.36. The molecule has 1 heterocycles. The maximum Gasteiger partial charge on any atom is 0.244 e. The highest BCUT2D eigenvalue weighted by molar-refractivity contribution is 5.98. The molecule has 1 rings (SSSR count). The first-order valence-electron chi connectivity index (χ1n) is 11.0. The van der Waals surface area contributed by atoms with Crippen molar-refractivity contribution < 1.29 is 19.4 Å². The summed E-state index contributed by atoms with van der Waals surface area (Å²) in [5.41, 5.74) is 0.309. The lowest BCUT2D eigenvalue weighted by Gasteiger charge is -2.25. The summed E-state index contributed by atoms with van der Waals surface area (Å²) >= 11 is 0. The van der Waals surface area contributed by atoms with Crippen molar-refractivity contribution in [1.82, 2.24) is 20.3 Å². The molecule has 0 fully saturated rings. The zero-order valence-corrected chi connectivity index (χ0v) is 20.5. The molecule has 0 atom stereocenters. The summed E-state index contributed by atoms with van der Waals surface area (Å²) in [5, 5.41) is 19.0. The van der Waals surface area contributed by atoms with Crippen molar-refractivity contribution in [2.75, 3.05) is 13.2 Å². The van der Waals surface area contributed by atoms with Gasteiger partial charge in [0.25, 0.3) is 0 Å². The highest BCUT2D eigenvalue weighted by atomic mass is 16.5. The van der Waals surface area contributed by atoms with Crippen molar-refractivity contribution in [1.29, 1.82) is 0 Å². The Morgan fingerprint density at radius 2 is 1.77 bits per heavy atom. The molecule has 0 bridgehead atoms. The third-order valence-corrected chi connectivity index (χ3v) is 4.09. The quantitative estimate of drug-likeness (QED) is 0.486. The van der Waals surface area contributed by atoms with Crippen LogP contribution in [-0.2, 0) is 27.4 Å². The number of carbonyl (C=O) groups is 2. The van der Waals surface area contributed by atoms with E-state index in [1.807, 2.05) is 27.7 Å².